The SMILES string of the molecule is CCN(NC(=O)OC(C)(C)C)C(N)=S. The molecule has 0 atom stereocenters. The van der Waals surface area contributed by atoms with Gasteiger partial charge in [0.1, 0.15) is 5.60 Å². The molecular weight excluding hydrogens is 202 g/mol. The summed E-state index contributed by atoms with van der Waals surface area (Å²) in [5.74, 6) is 0. The van der Waals surface area contributed by atoms with Crippen LogP contribution < -0.4 is 11.2 Å². The van der Waals surface area contributed by atoms with Gasteiger partial charge in [0.2, 0.25) is 0 Å². The number of carbonyl (C=O) groups is 1. The Kier molecular flexibility index (Phi) is 4.62. The number of nitrogens with zero attached hydrogens (tertiary/aromatic N) is 1. The van der Waals surface area contributed by atoms with Crippen LogP contribution in [-0.4, -0.2) is 28.4 Å². The third kappa shape index (κ3) is 5.58. The Morgan fingerprint density at radius 2 is 2.07 bits per heavy atom. The molecule has 0 saturated carbocycles. The number of rotatable bonds is 1. The van der Waals surface area contributed by atoms with Gasteiger partial charge in [-0.3, -0.25) is 5.01 Å². The van der Waals surface area contributed by atoms with Crippen LogP contribution in [0.15, 0.2) is 0 Å². The van der Waals surface area contributed by atoms with Crippen LogP contribution in [-0.2, 0) is 4.74 Å². The van der Waals surface area contributed by atoms with Gasteiger partial charge >= 0.3 is 6.09 Å². The lowest BCUT2D eigenvalue weighted by atomic mass is 10.2. The molecule has 0 aliphatic carbocycles. The third-order valence-corrected chi connectivity index (χ3v) is 1.43. The van der Waals surface area contributed by atoms with Gasteiger partial charge in [-0.2, -0.15) is 0 Å². The minimum atomic E-state index is -0.563. The van der Waals surface area contributed by atoms with Crippen molar-refractivity contribution in [1.82, 2.24) is 10.4 Å². The van der Waals surface area contributed by atoms with E-state index >= 15 is 0 Å². The molecule has 0 heterocycles. The Hall–Kier alpha value is -1.04. The molecule has 6 heteroatoms. The number of amides is 1. The summed E-state index contributed by atoms with van der Waals surface area (Å²) in [5, 5.41) is 1.45. The lowest BCUT2D eigenvalue weighted by molar-refractivity contribution is 0.0421. The Morgan fingerprint density at radius 3 is 2.36 bits per heavy atom. The summed E-state index contributed by atoms with van der Waals surface area (Å²) < 4.78 is 5.01. The minimum absolute atomic E-state index is 0.110. The second-order valence-electron chi connectivity index (χ2n) is 3.70. The summed E-state index contributed by atoms with van der Waals surface area (Å²) in [4.78, 5) is 11.2. The van der Waals surface area contributed by atoms with E-state index in [1.807, 2.05) is 6.92 Å². The number of ether oxygens (including phenoxy) is 1. The van der Waals surface area contributed by atoms with Crippen LogP contribution >= 0.6 is 12.2 Å². The molecule has 0 rings (SSSR count). The number of hydrogen-bond acceptors (Lipinski definition) is 3. The summed E-state index contributed by atoms with van der Waals surface area (Å²) in [5.41, 5.74) is 7.25. The zero-order chi connectivity index (χ0) is 11.4. The van der Waals surface area contributed by atoms with Gasteiger partial charge in [0.25, 0.3) is 0 Å². The molecule has 0 aromatic rings. The number of hydrazine groups is 1. The molecule has 0 aromatic heterocycles. The molecule has 0 aliphatic heterocycles. The molecule has 0 radical (unpaired) electrons. The average Bonchev–Trinajstić information content (AvgIpc) is 1.96. The van der Waals surface area contributed by atoms with Gasteiger partial charge in [0.15, 0.2) is 5.11 Å². The Balaban J connectivity index is 4.11. The number of hydrogen-bond donors (Lipinski definition) is 2. The fourth-order valence-corrected chi connectivity index (χ4v) is 0.876. The Bertz CT molecular complexity index is 225. The van der Waals surface area contributed by atoms with E-state index < -0.39 is 11.7 Å². The normalized spacial score (nSPS) is 10.6. The van der Waals surface area contributed by atoms with Gasteiger partial charge < -0.3 is 10.5 Å². The first-order chi connectivity index (χ1) is 6.26. The molecular formula is C8H17N3O2S. The number of nitrogens with one attached hydrogen (secondary N) is 1. The van der Waals surface area contributed by atoms with Crippen molar-refractivity contribution < 1.29 is 9.53 Å². The highest BCUT2D eigenvalue weighted by molar-refractivity contribution is 7.80. The summed E-state index contributed by atoms with van der Waals surface area (Å²) in [7, 11) is 0. The van der Waals surface area contributed by atoms with Crippen LogP contribution in [0.1, 0.15) is 27.7 Å². The molecule has 3 N–H and O–H groups in total. The van der Waals surface area contributed by atoms with E-state index in [2.05, 4.69) is 5.43 Å². The zero-order valence-corrected chi connectivity index (χ0v) is 9.77. The Labute approximate surface area is 89.5 Å². The van der Waals surface area contributed by atoms with Crippen LogP contribution in [0, 0.1) is 0 Å². The smallest absolute Gasteiger partial charge is 0.426 e. The molecule has 0 bridgehead atoms. The van der Waals surface area contributed by atoms with E-state index in [0.717, 1.165) is 0 Å². The third-order valence-electron chi connectivity index (χ3n) is 1.21. The maximum absolute atomic E-state index is 11.2. The number of thiocarbonyl (C=S) groups is 1. The maximum Gasteiger partial charge on any atom is 0.426 e. The fraction of sp³-hybridized carbons (Fsp3) is 0.750. The molecule has 1 amide bonds. The lowest BCUT2D eigenvalue weighted by Crippen LogP contribution is -2.49. The van der Waals surface area contributed by atoms with E-state index in [4.69, 9.17) is 22.7 Å². The predicted molar refractivity (Wildman–Crippen MR) is 58.5 cm³/mol. The van der Waals surface area contributed by atoms with Crippen LogP contribution in [0.3, 0.4) is 0 Å². The molecule has 0 fully saturated rings. The van der Waals surface area contributed by atoms with Gasteiger partial charge in [-0.15, -0.1) is 0 Å². The monoisotopic (exact) mass is 219 g/mol. The standard InChI is InChI=1S/C8H17N3O2S/c1-5-11(6(9)14)10-7(12)13-8(2,3)4/h5H2,1-4H3,(H2,9,14)(H,10,12). The predicted octanol–water partition coefficient (Wildman–Crippen LogP) is 0.992. The zero-order valence-electron chi connectivity index (χ0n) is 8.96. The van der Waals surface area contributed by atoms with Crippen molar-refractivity contribution in [3.05, 3.63) is 0 Å². The highest BCUT2D eigenvalue weighted by Gasteiger charge is 2.17. The molecule has 5 nitrogen and oxygen atoms in total. The molecule has 0 unspecified atom stereocenters. The maximum atomic E-state index is 11.2. The van der Waals surface area contributed by atoms with Crippen LogP contribution in [0.4, 0.5) is 4.79 Å². The van der Waals surface area contributed by atoms with Crippen LogP contribution in [0.5, 0.6) is 0 Å². The first-order valence-corrected chi connectivity index (χ1v) is 4.73. The highest BCUT2D eigenvalue weighted by atomic mass is 32.1. The topological polar surface area (TPSA) is 67.6 Å². The molecule has 0 spiro atoms. The van der Waals surface area contributed by atoms with Crippen LogP contribution in [0.2, 0.25) is 0 Å². The average molecular weight is 219 g/mol. The van der Waals surface area contributed by atoms with Crippen LogP contribution in [0.25, 0.3) is 0 Å². The summed E-state index contributed by atoms with van der Waals surface area (Å²) in [6.45, 7) is 7.65. The minimum Gasteiger partial charge on any atom is -0.443 e. The van der Waals surface area contributed by atoms with E-state index in [0.29, 0.717) is 6.54 Å². The fourth-order valence-electron chi connectivity index (χ4n) is 0.701. The highest BCUT2D eigenvalue weighted by Crippen LogP contribution is 2.06. The first kappa shape index (κ1) is 13.0. The van der Waals surface area contributed by atoms with Crippen molar-refractivity contribution in [2.75, 3.05) is 6.54 Å². The molecule has 14 heavy (non-hydrogen) atoms. The van der Waals surface area contributed by atoms with Crippen molar-refractivity contribution >= 4 is 23.4 Å². The number of nitrogens with two attached hydrogens (primary N) is 1. The molecule has 0 aromatic carbocycles. The van der Waals surface area contributed by atoms with Gasteiger partial charge in [-0.05, 0) is 39.9 Å². The quantitative estimate of drug-likeness (QED) is 0.508. The van der Waals surface area contributed by atoms with Gasteiger partial charge in [-0.1, -0.05) is 0 Å². The van der Waals surface area contributed by atoms with E-state index in [1.54, 1.807) is 20.8 Å². The van der Waals surface area contributed by atoms with E-state index in [-0.39, 0.29) is 5.11 Å². The molecule has 0 aliphatic rings. The molecule has 82 valence electrons. The van der Waals surface area contributed by atoms with Crippen molar-refractivity contribution in [3.8, 4) is 0 Å². The van der Waals surface area contributed by atoms with Crippen molar-refractivity contribution in [2.45, 2.75) is 33.3 Å². The van der Waals surface area contributed by atoms with E-state index in [9.17, 15) is 4.79 Å². The van der Waals surface area contributed by atoms with Gasteiger partial charge in [-0.25, -0.2) is 10.2 Å². The largest absolute Gasteiger partial charge is 0.443 e. The first-order valence-electron chi connectivity index (χ1n) is 4.33. The van der Waals surface area contributed by atoms with Gasteiger partial charge in [0, 0.05) is 6.54 Å². The lowest BCUT2D eigenvalue weighted by Gasteiger charge is -2.25. The second-order valence-corrected chi connectivity index (χ2v) is 4.11. The summed E-state index contributed by atoms with van der Waals surface area (Å²) in [6.07, 6.45) is -0.563. The van der Waals surface area contributed by atoms with E-state index in [1.165, 1.54) is 5.01 Å². The summed E-state index contributed by atoms with van der Waals surface area (Å²) >= 11 is 4.71. The second kappa shape index (κ2) is 4.99. The van der Waals surface area contributed by atoms with Crippen molar-refractivity contribution in [3.63, 3.8) is 0 Å². The van der Waals surface area contributed by atoms with Gasteiger partial charge in [0.05, 0.1) is 0 Å². The molecule has 0 saturated heterocycles. The Morgan fingerprint density at radius 1 is 1.57 bits per heavy atom. The van der Waals surface area contributed by atoms with Crippen molar-refractivity contribution in [1.29, 1.82) is 0 Å². The number of carbonyl (C=O) groups excluding carboxylic acids is 1. The summed E-state index contributed by atoms with van der Waals surface area (Å²) in [6, 6.07) is 0. The van der Waals surface area contributed by atoms with Crippen molar-refractivity contribution in [2.24, 2.45) is 5.73 Å².